The minimum absolute atomic E-state index is 0.108. The summed E-state index contributed by atoms with van der Waals surface area (Å²) < 4.78 is 36.1. The molecule has 1 fully saturated rings. The number of benzene rings is 3. The van der Waals surface area contributed by atoms with Gasteiger partial charge in [-0.25, -0.2) is 14.6 Å². The van der Waals surface area contributed by atoms with E-state index >= 15 is 0 Å². The standard InChI is InChI=1S/C40H47N6O6PS/c1-27(2)46(28(3)4)53(51-22-10-21-41)54-35-23-36(45-26-44-37-38(45)42-25-43-39(37)47)52-34(35)24-50-40(29-11-8-7-9-12-29,30-13-17-32(48-5)18-14-30)31-15-19-33(49-6)20-16-31/h7-9,11-20,25-28,34-36H,10,22-24H2,1-6H3,(H,42,43,47). The molecule has 1 N–H and O–H groups in total. The number of H-pyrrole nitrogens is 1. The van der Waals surface area contributed by atoms with E-state index in [0.717, 1.165) is 28.2 Å². The number of aromatic nitrogens is 4. The zero-order valence-electron chi connectivity index (χ0n) is 31.4. The lowest BCUT2D eigenvalue weighted by Crippen LogP contribution is -2.38. The third kappa shape index (κ3) is 8.35. The molecule has 0 spiro atoms. The topological polar surface area (TPSA) is 137 Å². The smallest absolute Gasteiger partial charge is 0.278 e. The summed E-state index contributed by atoms with van der Waals surface area (Å²) in [5.74, 6) is 1.47. The molecular weight excluding hydrogens is 724 g/mol. The molecule has 0 radical (unpaired) electrons. The maximum absolute atomic E-state index is 12.6. The van der Waals surface area contributed by atoms with Crippen molar-refractivity contribution in [2.75, 3.05) is 27.4 Å². The molecule has 3 aromatic carbocycles. The molecular formula is C40H47N6O6PS. The number of imidazole rings is 1. The number of methoxy groups -OCH3 is 2. The quantitative estimate of drug-likeness (QED) is 0.0563. The second-order valence-corrected chi connectivity index (χ2v) is 17.0. The Morgan fingerprint density at radius 3 is 2.15 bits per heavy atom. The van der Waals surface area contributed by atoms with E-state index in [1.807, 2.05) is 71.3 Å². The van der Waals surface area contributed by atoms with E-state index < -0.39 is 25.4 Å². The Kier molecular flexibility index (Phi) is 13.1. The highest BCUT2D eigenvalue weighted by atomic mass is 32.7. The molecule has 0 amide bonds. The maximum Gasteiger partial charge on any atom is 0.278 e. The summed E-state index contributed by atoms with van der Waals surface area (Å²) in [6, 6.07) is 28.7. The van der Waals surface area contributed by atoms with Gasteiger partial charge in [-0.05, 0) is 68.7 Å². The van der Waals surface area contributed by atoms with Gasteiger partial charge in [-0.2, -0.15) is 5.26 Å². The minimum Gasteiger partial charge on any atom is -0.497 e. The third-order valence-corrected chi connectivity index (χ3v) is 14.3. The van der Waals surface area contributed by atoms with Crippen LogP contribution >= 0.6 is 18.9 Å². The largest absolute Gasteiger partial charge is 0.497 e. The highest BCUT2D eigenvalue weighted by molar-refractivity contribution is 8.53. The van der Waals surface area contributed by atoms with Crippen molar-refractivity contribution in [3.63, 3.8) is 0 Å². The number of ether oxygens (including phenoxy) is 4. The monoisotopic (exact) mass is 770 g/mol. The van der Waals surface area contributed by atoms with Crippen LogP contribution in [0.2, 0.25) is 0 Å². The Morgan fingerprint density at radius 2 is 1.57 bits per heavy atom. The Morgan fingerprint density at radius 1 is 0.963 bits per heavy atom. The predicted octanol–water partition coefficient (Wildman–Crippen LogP) is 7.81. The first-order chi connectivity index (χ1) is 26.2. The molecule has 2 aromatic heterocycles. The highest BCUT2D eigenvalue weighted by Crippen LogP contribution is 2.61. The SMILES string of the molecule is COc1ccc(C(OCC2OC(n3cnc4c(=O)[nH]cnc43)CC2SP(OCCC#N)N(C(C)C)C(C)C)(c2ccccc2)c2ccc(OC)cc2)cc1. The average Bonchev–Trinajstić information content (AvgIpc) is 3.80. The second kappa shape index (κ2) is 17.9. The average molecular weight is 771 g/mol. The number of aromatic amines is 1. The highest BCUT2D eigenvalue weighted by Gasteiger charge is 2.45. The minimum atomic E-state index is -1.21. The van der Waals surface area contributed by atoms with E-state index in [2.05, 4.69) is 65.5 Å². The molecule has 4 atom stereocenters. The zero-order valence-corrected chi connectivity index (χ0v) is 33.1. The van der Waals surface area contributed by atoms with Gasteiger partial charge in [0.25, 0.3) is 5.56 Å². The van der Waals surface area contributed by atoms with E-state index in [0.29, 0.717) is 25.1 Å². The summed E-state index contributed by atoms with van der Waals surface area (Å²) in [4.78, 5) is 24.1. The number of hydrogen-bond donors (Lipinski definition) is 1. The molecule has 1 saturated heterocycles. The maximum atomic E-state index is 12.6. The normalized spacial score (nSPS) is 18.0. The lowest BCUT2D eigenvalue weighted by molar-refractivity contribution is -0.0747. The van der Waals surface area contributed by atoms with Crippen LogP contribution in [-0.2, 0) is 19.6 Å². The fraction of sp³-hybridized carbons (Fsp3) is 0.400. The number of hydrogen-bond acceptors (Lipinski definition) is 11. The molecule has 5 aromatic rings. The van der Waals surface area contributed by atoms with Crippen molar-refractivity contribution >= 4 is 30.0 Å². The molecule has 3 heterocycles. The van der Waals surface area contributed by atoms with Gasteiger partial charge in [0.1, 0.15) is 23.3 Å². The van der Waals surface area contributed by atoms with E-state index in [4.69, 9.17) is 23.5 Å². The number of nitriles is 1. The molecule has 14 heteroatoms. The van der Waals surface area contributed by atoms with Gasteiger partial charge in [-0.1, -0.05) is 66.0 Å². The summed E-state index contributed by atoms with van der Waals surface area (Å²) in [5, 5.41) is 9.25. The fourth-order valence-electron chi connectivity index (χ4n) is 6.90. The van der Waals surface area contributed by atoms with Crippen LogP contribution in [0.15, 0.2) is 96.3 Å². The lowest BCUT2D eigenvalue weighted by Gasteiger charge is -2.39. The van der Waals surface area contributed by atoms with Gasteiger partial charge in [0.05, 0.1) is 58.7 Å². The summed E-state index contributed by atoms with van der Waals surface area (Å²) >= 11 is 1.73. The lowest BCUT2D eigenvalue weighted by atomic mass is 9.80. The predicted molar refractivity (Wildman–Crippen MR) is 212 cm³/mol. The molecule has 54 heavy (non-hydrogen) atoms. The molecule has 1 aliphatic rings. The first kappa shape index (κ1) is 39.4. The van der Waals surface area contributed by atoms with E-state index in [-0.39, 0.29) is 35.0 Å². The van der Waals surface area contributed by atoms with Gasteiger partial charge in [-0.3, -0.25) is 9.36 Å². The summed E-state index contributed by atoms with van der Waals surface area (Å²) in [6.07, 6.45) is 2.97. The van der Waals surface area contributed by atoms with Gasteiger partial charge in [0, 0.05) is 23.8 Å². The van der Waals surface area contributed by atoms with Crippen LogP contribution in [0.4, 0.5) is 0 Å². The molecule has 6 rings (SSSR count). The van der Waals surface area contributed by atoms with Gasteiger partial charge in [-0.15, -0.1) is 0 Å². The Labute approximate surface area is 321 Å². The zero-order chi connectivity index (χ0) is 38.2. The summed E-state index contributed by atoms with van der Waals surface area (Å²) in [7, 11) is 2.09. The van der Waals surface area contributed by atoms with Crippen molar-refractivity contribution < 1.29 is 23.5 Å². The van der Waals surface area contributed by atoms with Crippen LogP contribution in [0, 0.1) is 11.3 Å². The Hall–Kier alpha value is -4.28. The third-order valence-electron chi connectivity index (χ3n) is 9.38. The van der Waals surface area contributed by atoms with Gasteiger partial charge < -0.3 is 28.5 Å². The van der Waals surface area contributed by atoms with Crippen molar-refractivity contribution in [1.29, 1.82) is 5.26 Å². The van der Waals surface area contributed by atoms with Gasteiger partial charge in [0.15, 0.2) is 18.7 Å². The molecule has 0 aliphatic carbocycles. The number of nitrogens with zero attached hydrogens (tertiary/aromatic N) is 5. The molecule has 4 unspecified atom stereocenters. The number of rotatable bonds is 17. The summed E-state index contributed by atoms with van der Waals surface area (Å²) in [6.45, 7) is 9.18. The van der Waals surface area contributed by atoms with Gasteiger partial charge in [0.2, 0.25) is 0 Å². The molecule has 0 bridgehead atoms. The fourth-order valence-corrected chi connectivity index (χ4v) is 12.2. The van der Waals surface area contributed by atoms with Crippen LogP contribution in [0.5, 0.6) is 11.5 Å². The summed E-state index contributed by atoms with van der Waals surface area (Å²) in [5.41, 5.74) is 2.10. The molecule has 12 nitrogen and oxygen atoms in total. The van der Waals surface area contributed by atoms with Crippen molar-refractivity contribution in [2.45, 2.75) is 75.8 Å². The van der Waals surface area contributed by atoms with E-state index in [9.17, 15) is 10.1 Å². The number of fused-ring (bicyclic) bond motifs is 1. The van der Waals surface area contributed by atoms with Crippen LogP contribution in [-0.4, -0.2) is 75.1 Å². The van der Waals surface area contributed by atoms with Crippen LogP contribution in [0.1, 0.15) is 63.5 Å². The van der Waals surface area contributed by atoms with Crippen molar-refractivity contribution in [3.8, 4) is 17.6 Å². The van der Waals surface area contributed by atoms with Crippen LogP contribution in [0.3, 0.4) is 0 Å². The van der Waals surface area contributed by atoms with Crippen molar-refractivity contribution in [3.05, 3.63) is 119 Å². The van der Waals surface area contributed by atoms with E-state index in [1.165, 1.54) is 6.33 Å². The first-order valence-corrected chi connectivity index (χ1v) is 20.7. The molecule has 1 aliphatic heterocycles. The second-order valence-electron chi connectivity index (χ2n) is 13.4. The van der Waals surface area contributed by atoms with Gasteiger partial charge >= 0.3 is 0 Å². The molecule has 0 saturated carbocycles. The first-order valence-electron chi connectivity index (χ1n) is 18.0. The van der Waals surface area contributed by atoms with Crippen molar-refractivity contribution in [1.82, 2.24) is 24.2 Å². The van der Waals surface area contributed by atoms with Crippen LogP contribution < -0.4 is 15.0 Å². The van der Waals surface area contributed by atoms with Crippen LogP contribution in [0.25, 0.3) is 11.2 Å². The Bertz CT molecular complexity index is 2000. The Balaban J connectivity index is 1.43. The molecule has 284 valence electrons. The number of nitrogens with one attached hydrogen (secondary N) is 1. The van der Waals surface area contributed by atoms with E-state index in [1.54, 1.807) is 31.9 Å². The van der Waals surface area contributed by atoms with Crippen molar-refractivity contribution in [2.24, 2.45) is 0 Å².